The van der Waals surface area contributed by atoms with E-state index in [1.54, 1.807) is 6.07 Å². The molecule has 2 heterocycles. The quantitative estimate of drug-likeness (QED) is 0.812. The van der Waals surface area contributed by atoms with Crippen LogP contribution in [0, 0.1) is 0 Å². The number of hydrogen-bond acceptors (Lipinski definition) is 3. The summed E-state index contributed by atoms with van der Waals surface area (Å²) in [5.41, 5.74) is 0. The van der Waals surface area contributed by atoms with Crippen LogP contribution in [0.5, 0.6) is 0 Å². The lowest BCUT2D eigenvalue weighted by Gasteiger charge is -2.14. The van der Waals surface area contributed by atoms with Crippen LogP contribution in [0.4, 0.5) is 0 Å². The second kappa shape index (κ2) is 5.12. The first kappa shape index (κ1) is 11.1. The maximum Gasteiger partial charge on any atom is 0.261 e. The molecule has 5 heteroatoms. The van der Waals surface area contributed by atoms with Crippen LogP contribution >= 0.6 is 11.3 Å². The van der Waals surface area contributed by atoms with Crippen LogP contribution in [0.3, 0.4) is 0 Å². The fourth-order valence-corrected chi connectivity index (χ4v) is 2.34. The smallest absolute Gasteiger partial charge is 0.261 e. The van der Waals surface area contributed by atoms with Gasteiger partial charge in [0.2, 0.25) is 5.91 Å². The number of hydrogen-bond donors (Lipinski definition) is 2. The molecule has 0 bridgehead atoms. The third-order valence-electron chi connectivity index (χ3n) is 2.59. The first-order valence-electron chi connectivity index (χ1n) is 5.39. The normalized spacial score (nSPS) is 21.0. The third kappa shape index (κ3) is 2.61. The van der Waals surface area contributed by atoms with Crippen molar-refractivity contribution in [3.63, 3.8) is 0 Å². The average Bonchev–Trinajstić information content (AvgIpc) is 2.73. The topological polar surface area (TPSA) is 58.2 Å². The lowest BCUT2D eigenvalue weighted by Crippen LogP contribution is -2.45. The number of amides is 2. The van der Waals surface area contributed by atoms with E-state index in [4.69, 9.17) is 0 Å². The highest BCUT2D eigenvalue weighted by Gasteiger charge is 2.22. The van der Waals surface area contributed by atoms with Crippen molar-refractivity contribution < 1.29 is 9.59 Å². The van der Waals surface area contributed by atoms with Gasteiger partial charge in [-0.2, -0.15) is 0 Å². The van der Waals surface area contributed by atoms with Crippen LogP contribution in [0.25, 0.3) is 0 Å². The summed E-state index contributed by atoms with van der Waals surface area (Å²) < 4.78 is 0. The van der Waals surface area contributed by atoms with Crippen LogP contribution in [0.15, 0.2) is 17.5 Å². The molecule has 2 N–H and O–H groups in total. The lowest BCUT2D eigenvalue weighted by atomic mass is 10.1. The molecule has 0 radical (unpaired) electrons. The van der Waals surface area contributed by atoms with Gasteiger partial charge in [-0.15, -0.1) is 11.3 Å². The third-order valence-corrected chi connectivity index (χ3v) is 3.45. The van der Waals surface area contributed by atoms with Gasteiger partial charge in [-0.25, -0.2) is 0 Å². The minimum absolute atomic E-state index is 0.0672. The first-order valence-corrected chi connectivity index (χ1v) is 6.27. The fourth-order valence-electron chi connectivity index (χ4n) is 1.71. The van der Waals surface area contributed by atoms with Crippen LogP contribution in [-0.4, -0.2) is 24.4 Å². The number of nitrogens with one attached hydrogen (secondary N) is 2. The molecule has 0 aromatic carbocycles. The van der Waals surface area contributed by atoms with E-state index in [1.807, 2.05) is 11.4 Å². The Morgan fingerprint density at radius 2 is 2.38 bits per heavy atom. The van der Waals surface area contributed by atoms with Crippen molar-refractivity contribution in [2.75, 3.05) is 6.54 Å². The highest BCUT2D eigenvalue weighted by atomic mass is 32.1. The highest BCUT2D eigenvalue weighted by Crippen LogP contribution is 2.10. The molecule has 0 unspecified atom stereocenters. The summed E-state index contributed by atoms with van der Waals surface area (Å²) in [5, 5.41) is 7.41. The van der Waals surface area contributed by atoms with E-state index in [9.17, 15) is 9.59 Å². The Kier molecular flexibility index (Phi) is 3.56. The monoisotopic (exact) mass is 238 g/mol. The first-order chi connectivity index (χ1) is 7.77. The molecular formula is C11H14N2O2S. The zero-order chi connectivity index (χ0) is 11.4. The number of thiophene rings is 1. The number of carbonyl (C=O) groups is 2. The van der Waals surface area contributed by atoms with E-state index in [-0.39, 0.29) is 17.9 Å². The largest absolute Gasteiger partial charge is 0.354 e. The molecule has 0 aliphatic carbocycles. The SMILES string of the molecule is O=C(N[C@@H]1CCCCNC1=O)c1cccs1. The van der Waals surface area contributed by atoms with E-state index in [1.165, 1.54) is 11.3 Å². The Hall–Kier alpha value is -1.36. The second-order valence-electron chi connectivity index (χ2n) is 3.79. The molecule has 1 aromatic heterocycles. The van der Waals surface area contributed by atoms with Gasteiger partial charge in [0.15, 0.2) is 0 Å². The van der Waals surface area contributed by atoms with Crippen molar-refractivity contribution in [3.8, 4) is 0 Å². The number of carbonyl (C=O) groups excluding carboxylic acids is 2. The van der Waals surface area contributed by atoms with Crippen molar-refractivity contribution in [3.05, 3.63) is 22.4 Å². The molecule has 86 valence electrons. The van der Waals surface area contributed by atoms with Gasteiger partial charge in [-0.1, -0.05) is 6.07 Å². The standard InChI is InChI=1S/C11H14N2O2S/c14-10-8(4-1-2-6-12-10)13-11(15)9-5-3-7-16-9/h3,5,7-8H,1-2,4,6H2,(H,12,14)(H,13,15)/t8-/m1/s1. The number of rotatable bonds is 2. The molecular weight excluding hydrogens is 224 g/mol. The summed E-state index contributed by atoms with van der Waals surface area (Å²) in [6.07, 6.45) is 2.67. The Morgan fingerprint density at radius 3 is 3.12 bits per heavy atom. The van der Waals surface area contributed by atoms with Gasteiger partial charge in [0.05, 0.1) is 4.88 Å². The van der Waals surface area contributed by atoms with E-state index in [0.29, 0.717) is 11.4 Å². The van der Waals surface area contributed by atoms with E-state index in [2.05, 4.69) is 10.6 Å². The van der Waals surface area contributed by atoms with Gasteiger partial charge < -0.3 is 10.6 Å². The van der Waals surface area contributed by atoms with Gasteiger partial charge in [-0.3, -0.25) is 9.59 Å². The predicted molar refractivity (Wildman–Crippen MR) is 62.4 cm³/mol. The van der Waals surface area contributed by atoms with Crippen LogP contribution in [0.1, 0.15) is 28.9 Å². The fraction of sp³-hybridized carbons (Fsp3) is 0.455. The molecule has 0 saturated carbocycles. The molecule has 1 fully saturated rings. The van der Waals surface area contributed by atoms with Crippen molar-refractivity contribution >= 4 is 23.2 Å². The summed E-state index contributed by atoms with van der Waals surface area (Å²) in [6.45, 7) is 0.713. The maximum absolute atomic E-state index is 11.8. The molecule has 1 aliphatic rings. The van der Waals surface area contributed by atoms with Crippen molar-refractivity contribution in [2.24, 2.45) is 0 Å². The molecule has 1 saturated heterocycles. The van der Waals surface area contributed by atoms with E-state index >= 15 is 0 Å². The average molecular weight is 238 g/mol. The molecule has 1 aromatic rings. The Balaban J connectivity index is 1.97. The minimum atomic E-state index is -0.378. The van der Waals surface area contributed by atoms with Crippen molar-refractivity contribution in [2.45, 2.75) is 25.3 Å². The molecule has 2 rings (SSSR count). The molecule has 0 spiro atoms. The van der Waals surface area contributed by atoms with Crippen molar-refractivity contribution in [1.29, 1.82) is 0 Å². The Bertz CT molecular complexity index is 375. The molecule has 2 amide bonds. The van der Waals surface area contributed by atoms with Crippen LogP contribution in [0.2, 0.25) is 0 Å². The molecule has 1 atom stereocenters. The van der Waals surface area contributed by atoms with Gasteiger partial charge in [0, 0.05) is 6.54 Å². The molecule has 4 nitrogen and oxygen atoms in total. The van der Waals surface area contributed by atoms with Gasteiger partial charge in [-0.05, 0) is 30.7 Å². The lowest BCUT2D eigenvalue weighted by molar-refractivity contribution is -0.122. The zero-order valence-electron chi connectivity index (χ0n) is 8.86. The van der Waals surface area contributed by atoms with Gasteiger partial charge in [0.25, 0.3) is 5.91 Å². The van der Waals surface area contributed by atoms with Gasteiger partial charge in [0.1, 0.15) is 6.04 Å². The summed E-state index contributed by atoms with van der Waals surface area (Å²) in [5.74, 6) is -0.223. The molecule has 1 aliphatic heterocycles. The van der Waals surface area contributed by atoms with Gasteiger partial charge >= 0.3 is 0 Å². The van der Waals surface area contributed by atoms with E-state index < -0.39 is 0 Å². The minimum Gasteiger partial charge on any atom is -0.354 e. The summed E-state index contributed by atoms with van der Waals surface area (Å²) in [6, 6.07) is 3.21. The summed E-state index contributed by atoms with van der Waals surface area (Å²) in [4.78, 5) is 24.0. The van der Waals surface area contributed by atoms with E-state index in [0.717, 1.165) is 19.3 Å². The summed E-state index contributed by atoms with van der Waals surface area (Å²) >= 11 is 1.38. The zero-order valence-corrected chi connectivity index (χ0v) is 9.68. The maximum atomic E-state index is 11.8. The summed E-state index contributed by atoms with van der Waals surface area (Å²) in [7, 11) is 0. The Morgan fingerprint density at radius 1 is 1.50 bits per heavy atom. The second-order valence-corrected chi connectivity index (χ2v) is 4.74. The highest BCUT2D eigenvalue weighted by molar-refractivity contribution is 7.12. The van der Waals surface area contributed by atoms with Crippen LogP contribution in [-0.2, 0) is 4.79 Å². The van der Waals surface area contributed by atoms with Crippen LogP contribution < -0.4 is 10.6 Å². The Labute approximate surface area is 98.0 Å². The molecule has 16 heavy (non-hydrogen) atoms. The van der Waals surface area contributed by atoms with Crippen molar-refractivity contribution in [1.82, 2.24) is 10.6 Å². The predicted octanol–water partition coefficient (Wildman–Crippen LogP) is 1.15.